The number of hydrogen-bond donors (Lipinski definition) is 0. The van der Waals surface area contributed by atoms with Crippen molar-refractivity contribution in [2.45, 2.75) is 44.9 Å². The molecule has 182 valence electrons. The van der Waals surface area contributed by atoms with Crippen molar-refractivity contribution in [1.82, 2.24) is 9.21 Å². The summed E-state index contributed by atoms with van der Waals surface area (Å²) >= 11 is 0. The molecule has 0 saturated carbocycles. The SMILES string of the molecule is CCOC(=O)C1CCN(C(=O)[C@@H]2CC(=O)N(c3ccc(S(=O)(=O)N(CC)CC)cc3)C2)CC1. The Morgan fingerprint density at radius 3 is 2.18 bits per heavy atom. The molecule has 2 aliphatic rings. The van der Waals surface area contributed by atoms with E-state index in [-0.39, 0.29) is 41.6 Å². The van der Waals surface area contributed by atoms with Crippen LogP contribution in [-0.4, -0.2) is 74.7 Å². The zero-order valence-electron chi connectivity index (χ0n) is 19.5. The van der Waals surface area contributed by atoms with Crippen LogP contribution >= 0.6 is 0 Å². The van der Waals surface area contributed by atoms with Gasteiger partial charge < -0.3 is 14.5 Å². The molecule has 1 aromatic rings. The predicted molar refractivity (Wildman–Crippen MR) is 123 cm³/mol. The van der Waals surface area contributed by atoms with Gasteiger partial charge in [-0.15, -0.1) is 0 Å². The Balaban J connectivity index is 1.62. The van der Waals surface area contributed by atoms with Gasteiger partial charge in [0.15, 0.2) is 0 Å². The number of rotatable bonds is 8. The van der Waals surface area contributed by atoms with E-state index >= 15 is 0 Å². The molecule has 1 atom stereocenters. The summed E-state index contributed by atoms with van der Waals surface area (Å²) in [4.78, 5) is 41.0. The van der Waals surface area contributed by atoms with Gasteiger partial charge in [-0.2, -0.15) is 4.31 Å². The first-order valence-electron chi connectivity index (χ1n) is 11.6. The number of piperidine rings is 1. The number of benzene rings is 1. The Morgan fingerprint density at radius 2 is 1.64 bits per heavy atom. The normalized spacial score (nSPS) is 19.9. The lowest BCUT2D eigenvalue weighted by atomic mass is 9.95. The lowest BCUT2D eigenvalue weighted by Gasteiger charge is -2.32. The Bertz CT molecular complexity index is 966. The molecule has 2 saturated heterocycles. The molecule has 2 amide bonds. The van der Waals surface area contributed by atoms with Gasteiger partial charge in [0.05, 0.1) is 23.3 Å². The molecule has 0 bridgehead atoms. The van der Waals surface area contributed by atoms with Gasteiger partial charge in [-0.05, 0) is 44.0 Å². The number of esters is 1. The van der Waals surface area contributed by atoms with Crippen LogP contribution in [-0.2, 0) is 29.1 Å². The number of sulfonamides is 1. The number of hydrogen-bond acceptors (Lipinski definition) is 6. The van der Waals surface area contributed by atoms with E-state index in [1.54, 1.807) is 42.7 Å². The van der Waals surface area contributed by atoms with Crippen LogP contribution in [0.1, 0.15) is 40.0 Å². The van der Waals surface area contributed by atoms with E-state index in [4.69, 9.17) is 4.74 Å². The summed E-state index contributed by atoms with van der Waals surface area (Å²) in [6.07, 6.45) is 1.25. The highest BCUT2D eigenvalue weighted by molar-refractivity contribution is 7.89. The van der Waals surface area contributed by atoms with Crippen LogP contribution in [0.3, 0.4) is 0 Å². The van der Waals surface area contributed by atoms with Crippen molar-refractivity contribution < 1.29 is 27.5 Å². The summed E-state index contributed by atoms with van der Waals surface area (Å²) in [5.41, 5.74) is 0.579. The molecular formula is C23H33N3O6S. The molecule has 10 heteroatoms. The van der Waals surface area contributed by atoms with Crippen LogP contribution < -0.4 is 4.90 Å². The van der Waals surface area contributed by atoms with Gasteiger partial charge in [-0.25, -0.2) is 8.42 Å². The first-order chi connectivity index (χ1) is 15.7. The van der Waals surface area contributed by atoms with Crippen molar-refractivity contribution in [3.8, 4) is 0 Å². The molecule has 9 nitrogen and oxygen atoms in total. The fourth-order valence-corrected chi connectivity index (χ4v) is 5.95. The van der Waals surface area contributed by atoms with Crippen molar-refractivity contribution >= 4 is 33.5 Å². The number of amides is 2. The third-order valence-electron chi connectivity index (χ3n) is 6.39. The maximum Gasteiger partial charge on any atom is 0.309 e. The minimum Gasteiger partial charge on any atom is -0.466 e. The van der Waals surface area contributed by atoms with E-state index in [1.807, 2.05) is 0 Å². The second-order valence-electron chi connectivity index (χ2n) is 8.34. The standard InChI is InChI=1S/C23H33N3O6S/c1-4-25(5-2)33(30,31)20-9-7-19(8-10-20)26-16-18(15-21(26)27)22(28)24-13-11-17(12-14-24)23(29)32-6-3/h7-10,17-18H,4-6,11-16H2,1-3H3/t18-/m1/s1. The third-order valence-corrected chi connectivity index (χ3v) is 8.46. The summed E-state index contributed by atoms with van der Waals surface area (Å²) in [5.74, 6) is -1.07. The van der Waals surface area contributed by atoms with Gasteiger partial charge in [0.1, 0.15) is 0 Å². The van der Waals surface area contributed by atoms with Crippen LogP contribution in [0.4, 0.5) is 5.69 Å². The molecule has 33 heavy (non-hydrogen) atoms. The minimum absolute atomic E-state index is 0.0751. The summed E-state index contributed by atoms with van der Waals surface area (Å²) < 4.78 is 31.8. The van der Waals surface area contributed by atoms with Crippen molar-refractivity contribution in [3.63, 3.8) is 0 Å². The number of carbonyl (C=O) groups is 3. The van der Waals surface area contributed by atoms with E-state index in [2.05, 4.69) is 0 Å². The van der Waals surface area contributed by atoms with Crippen LogP contribution in [0.25, 0.3) is 0 Å². The lowest BCUT2D eigenvalue weighted by molar-refractivity contribution is -0.151. The highest BCUT2D eigenvalue weighted by atomic mass is 32.2. The van der Waals surface area contributed by atoms with Crippen molar-refractivity contribution in [2.24, 2.45) is 11.8 Å². The number of likely N-dealkylation sites (tertiary alicyclic amines) is 1. The Kier molecular flexibility index (Phi) is 8.12. The van der Waals surface area contributed by atoms with Crippen molar-refractivity contribution in [1.29, 1.82) is 0 Å². The predicted octanol–water partition coefficient (Wildman–Crippen LogP) is 1.87. The molecule has 0 N–H and O–H groups in total. The zero-order valence-corrected chi connectivity index (χ0v) is 20.3. The maximum atomic E-state index is 13.0. The van der Waals surface area contributed by atoms with E-state index in [0.717, 1.165) is 0 Å². The monoisotopic (exact) mass is 479 g/mol. The molecule has 0 radical (unpaired) electrons. The first-order valence-corrected chi connectivity index (χ1v) is 13.0. The minimum atomic E-state index is -3.57. The maximum absolute atomic E-state index is 13.0. The number of anilines is 1. The van der Waals surface area contributed by atoms with E-state index in [1.165, 1.54) is 16.4 Å². The van der Waals surface area contributed by atoms with Crippen molar-refractivity contribution in [3.05, 3.63) is 24.3 Å². The van der Waals surface area contributed by atoms with Crippen LogP contribution in [0.5, 0.6) is 0 Å². The molecular weight excluding hydrogens is 446 g/mol. The molecule has 2 aliphatic heterocycles. The number of nitrogens with zero attached hydrogens (tertiary/aromatic N) is 3. The summed E-state index contributed by atoms with van der Waals surface area (Å²) in [7, 11) is -3.57. The van der Waals surface area contributed by atoms with Crippen LogP contribution in [0.2, 0.25) is 0 Å². The molecule has 0 unspecified atom stereocenters. The van der Waals surface area contributed by atoms with E-state index in [0.29, 0.717) is 51.3 Å². The van der Waals surface area contributed by atoms with Gasteiger partial charge in [0.2, 0.25) is 21.8 Å². The Hall–Kier alpha value is -2.46. The highest BCUT2D eigenvalue weighted by Crippen LogP contribution is 2.29. The smallest absolute Gasteiger partial charge is 0.309 e. The average molecular weight is 480 g/mol. The lowest BCUT2D eigenvalue weighted by Crippen LogP contribution is -2.44. The summed E-state index contributed by atoms with van der Waals surface area (Å²) in [6, 6.07) is 6.25. The molecule has 2 heterocycles. The Labute approximate surface area is 195 Å². The average Bonchev–Trinajstić information content (AvgIpc) is 3.21. The fraction of sp³-hybridized carbons (Fsp3) is 0.609. The second kappa shape index (κ2) is 10.6. The number of ether oxygens (including phenoxy) is 1. The van der Waals surface area contributed by atoms with Gasteiger partial charge in [0.25, 0.3) is 0 Å². The number of carbonyl (C=O) groups excluding carboxylic acids is 3. The summed E-state index contributed by atoms with van der Waals surface area (Å²) in [5, 5.41) is 0. The largest absolute Gasteiger partial charge is 0.466 e. The fourth-order valence-electron chi connectivity index (χ4n) is 4.49. The highest BCUT2D eigenvalue weighted by Gasteiger charge is 2.39. The van der Waals surface area contributed by atoms with Gasteiger partial charge in [-0.3, -0.25) is 14.4 Å². The van der Waals surface area contributed by atoms with Gasteiger partial charge in [-0.1, -0.05) is 13.8 Å². The zero-order chi connectivity index (χ0) is 24.2. The van der Waals surface area contributed by atoms with Gasteiger partial charge >= 0.3 is 5.97 Å². The van der Waals surface area contributed by atoms with E-state index in [9.17, 15) is 22.8 Å². The van der Waals surface area contributed by atoms with Crippen molar-refractivity contribution in [2.75, 3.05) is 44.2 Å². The quantitative estimate of drug-likeness (QED) is 0.527. The van der Waals surface area contributed by atoms with Gasteiger partial charge in [0, 0.05) is 44.8 Å². The topological polar surface area (TPSA) is 104 Å². The van der Waals surface area contributed by atoms with E-state index < -0.39 is 15.9 Å². The first kappa shape index (κ1) is 25.2. The molecule has 1 aromatic carbocycles. The van der Waals surface area contributed by atoms with Crippen LogP contribution in [0, 0.1) is 11.8 Å². The third kappa shape index (κ3) is 5.38. The molecule has 2 fully saturated rings. The molecule has 0 aliphatic carbocycles. The second-order valence-corrected chi connectivity index (χ2v) is 10.3. The molecule has 0 spiro atoms. The molecule has 3 rings (SSSR count). The Morgan fingerprint density at radius 1 is 1.03 bits per heavy atom. The molecule has 0 aromatic heterocycles. The van der Waals surface area contributed by atoms with Crippen LogP contribution in [0.15, 0.2) is 29.2 Å². The summed E-state index contributed by atoms with van der Waals surface area (Å²) in [6.45, 7) is 7.67.